The van der Waals surface area contributed by atoms with Gasteiger partial charge in [-0.05, 0) is 79.1 Å². The molecule has 2 unspecified atom stereocenters. The molecule has 144 valence electrons. The van der Waals surface area contributed by atoms with Crippen molar-refractivity contribution in [3.63, 3.8) is 0 Å². The fourth-order valence-corrected chi connectivity index (χ4v) is 7.79. The van der Waals surface area contributed by atoms with Crippen molar-refractivity contribution in [2.75, 3.05) is 0 Å². The first-order valence-corrected chi connectivity index (χ1v) is 10.3. The molecule has 26 heavy (non-hydrogen) atoms. The average Bonchev–Trinajstić information content (AvgIpc) is 2.85. The lowest BCUT2D eigenvalue weighted by Crippen LogP contribution is -2.52. The second kappa shape index (κ2) is 5.92. The van der Waals surface area contributed by atoms with Crippen LogP contribution in [0.25, 0.3) is 0 Å². The third-order valence-corrected chi connectivity index (χ3v) is 8.99. The summed E-state index contributed by atoms with van der Waals surface area (Å²) in [5.74, 6) is 0.995. The van der Waals surface area contributed by atoms with E-state index in [1.165, 1.54) is 5.57 Å². The second-order valence-electron chi connectivity index (χ2n) is 10.0. The summed E-state index contributed by atoms with van der Waals surface area (Å²) in [6.45, 7) is 6.74. The maximum Gasteiger partial charge on any atom is 0.332 e. The highest BCUT2D eigenvalue weighted by Gasteiger charge is 2.62. The molecule has 2 N–H and O–H groups in total. The molecule has 4 nitrogen and oxygen atoms in total. The van der Waals surface area contributed by atoms with E-state index >= 15 is 0 Å². The molecular weight excluding hydrogens is 328 g/mol. The summed E-state index contributed by atoms with van der Waals surface area (Å²) < 4.78 is 0. The van der Waals surface area contributed by atoms with Crippen LogP contribution in [0.15, 0.2) is 11.6 Å². The number of allylic oxidation sites excluding steroid dienone is 1. The molecule has 8 atom stereocenters. The molecule has 3 saturated carbocycles. The van der Waals surface area contributed by atoms with E-state index in [4.69, 9.17) is 0 Å². The lowest BCUT2D eigenvalue weighted by molar-refractivity contribution is -0.156. The Morgan fingerprint density at radius 1 is 1.19 bits per heavy atom. The van der Waals surface area contributed by atoms with E-state index in [9.17, 15) is 19.8 Å². The van der Waals surface area contributed by atoms with E-state index in [0.717, 1.165) is 38.5 Å². The number of aliphatic carboxylic acids is 1. The van der Waals surface area contributed by atoms with E-state index in [1.54, 1.807) is 0 Å². The van der Waals surface area contributed by atoms with Gasteiger partial charge in [-0.2, -0.15) is 0 Å². The molecule has 4 rings (SSSR count). The molecule has 4 heteroatoms. The molecule has 0 aromatic carbocycles. The van der Waals surface area contributed by atoms with Crippen molar-refractivity contribution < 1.29 is 19.8 Å². The standard InChI is InChI=1S/C22H32O4/c1-12-10-17-15-5-4-13-11-14(23)6-8-21(13,2)16(15)7-9-22(17,3)18(12)19(24)20(25)26/h11-12,15-19,24H,4-10H2,1-3H3,(H,25,26)/t12?,15-,16+,17+,18-,19?,21+,22+/m1/s1. The first-order valence-electron chi connectivity index (χ1n) is 10.3. The molecule has 4 aliphatic rings. The number of carbonyl (C=O) groups is 2. The van der Waals surface area contributed by atoms with Gasteiger partial charge in [0.25, 0.3) is 0 Å². The highest BCUT2D eigenvalue weighted by atomic mass is 16.4. The SMILES string of the molecule is CC1C[C@H]2[C@@H]3CCC4=CC(=O)CC[C@]4(C)[C@H]3CC[C@]2(C)[C@H]1C(O)C(=O)O. The molecule has 0 spiro atoms. The van der Waals surface area contributed by atoms with Gasteiger partial charge < -0.3 is 10.2 Å². The van der Waals surface area contributed by atoms with Crippen LogP contribution in [0.5, 0.6) is 0 Å². The van der Waals surface area contributed by atoms with Crippen LogP contribution in [0, 0.1) is 40.4 Å². The number of hydrogen-bond acceptors (Lipinski definition) is 3. The second-order valence-corrected chi connectivity index (χ2v) is 10.0. The van der Waals surface area contributed by atoms with Gasteiger partial charge >= 0.3 is 5.97 Å². The molecule has 4 aliphatic carbocycles. The van der Waals surface area contributed by atoms with Crippen LogP contribution in [-0.4, -0.2) is 28.1 Å². The third-order valence-electron chi connectivity index (χ3n) is 8.99. The zero-order valence-electron chi connectivity index (χ0n) is 16.2. The number of carboxylic acids is 1. The van der Waals surface area contributed by atoms with E-state index in [2.05, 4.69) is 20.8 Å². The van der Waals surface area contributed by atoms with Gasteiger partial charge in [0.2, 0.25) is 0 Å². The topological polar surface area (TPSA) is 74.6 Å². The van der Waals surface area contributed by atoms with Crippen LogP contribution in [0.2, 0.25) is 0 Å². The minimum atomic E-state index is -1.25. The van der Waals surface area contributed by atoms with Crippen molar-refractivity contribution in [3.8, 4) is 0 Å². The Balaban J connectivity index is 1.67. The molecular formula is C22H32O4. The summed E-state index contributed by atoms with van der Waals surface area (Å²) in [6, 6.07) is 0. The number of carbonyl (C=O) groups excluding carboxylic acids is 1. The molecule has 0 radical (unpaired) electrons. The van der Waals surface area contributed by atoms with Gasteiger partial charge in [0.15, 0.2) is 11.9 Å². The first kappa shape index (κ1) is 18.2. The number of rotatable bonds is 2. The summed E-state index contributed by atoms with van der Waals surface area (Å²) in [6.07, 6.45) is 7.56. The molecule has 0 amide bonds. The summed E-state index contributed by atoms with van der Waals surface area (Å²) in [5, 5.41) is 19.8. The van der Waals surface area contributed by atoms with Gasteiger partial charge in [-0.25, -0.2) is 4.79 Å². The number of fused-ring (bicyclic) bond motifs is 5. The molecule has 3 fully saturated rings. The normalized spacial score (nSPS) is 48.8. The van der Waals surface area contributed by atoms with E-state index in [1.807, 2.05) is 6.08 Å². The monoisotopic (exact) mass is 360 g/mol. The fourth-order valence-electron chi connectivity index (χ4n) is 7.79. The zero-order valence-corrected chi connectivity index (χ0v) is 16.2. The van der Waals surface area contributed by atoms with E-state index in [-0.39, 0.29) is 28.4 Å². The van der Waals surface area contributed by atoms with Crippen molar-refractivity contribution in [1.82, 2.24) is 0 Å². The first-order chi connectivity index (χ1) is 12.2. The van der Waals surface area contributed by atoms with Crippen molar-refractivity contribution in [2.24, 2.45) is 40.4 Å². The van der Waals surface area contributed by atoms with Crippen LogP contribution in [0.3, 0.4) is 0 Å². The zero-order chi connectivity index (χ0) is 18.9. The van der Waals surface area contributed by atoms with Crippen molar-refractivity contribution in [1.29, 1.82) is 0 Å². The van der Waals surface area contributed by atoms with Gasteiger partial charge in [-0.3, -0.25) is 4.79 Å². The Bertz CT molecular complexity index is 667. The molecule has 0 bridgehead atoms. The van der Waals surface area contributed by atoms with Gasteiger partial charge in [0.1, 0.15) is 0 Å². The fraction of sp³-hybridized carbons (Fsp3) is 0.818. The lowest BCUT2D eigenvalue weighted by atomic mass is 9.46. The van der Waals surface area contributed by atoms with E-state index < -0.39 is 12.1 Å². The van der Waals surface area contributed by atoms with Crippen LogP contribution in [0.1, 0.15) is 65.7 Å². The highest BCUT2D eigenvalue weighted by molar-refractivity contribution is 5.91. The highest BCUT2D eigenvalue weighted by Crippen LogP contribution is 2.68. The van der Waals surface area contributed by atoms with Crippen LogP contribution in [0.4, 0.5) is 0 Å². The minimum absolute atomic E-state index is 0.0829. The summed E-state index contributed by atoms with van der Waals surface area (Å²) >= 11 is 0. The van der Waals surface area contributed by atoms with Crippen molar-refractivity contribution in [3.05, 3.63) is 11.6 Å². The molecule has 0 aliphatic heterocycles. The third kappa shape index (κ3) is 2.37. The summed E-state index contributed by atoms with van der Waals surface area (Å²) in [5.41, 5.74) is 1.43. The average molecular weight is 360 g/mol. The van der Waals surface area contributed by atoms with Gasteiger partial charge in [-0.15, -0.1) is 0 Å². The maximum absolute atomic E-state index is 11.9. The number of ketones is 1. The molecule has 0 saturated heterocycles. The Morgan fingerprint density at radius 3 is 2.62 bits per heavy atom. The molecule has 0 aromatic heterocycles. The summed E-state index contributed by atoms with van der Waals surface area (Å²) in [7, 11) is 0. The van der Waals surface area contributed by atoms with Gasteiger partial charge in [-0.1, -0.05) is 26.3 Å². The largest absolute Gasteiger partial charge is 0.479 e. The van der Waals surface area contributed by atoms with Crippen LogP contribution >= 0.6 is 0 Å². The Hall–Kier alpha value is -1.16. The predicted molar refractivity (Wildman–Crippen MR) is 98.4 cm³/mol. The Morgan fingerprint density at radius 2 is 1.92 bits per heavy atom. The molecule has 0 heterocycles. The summed E-state index contributed by atoms with van der Waals surface area (Å²) in [4.78, 5) is 23.4. The maximum atomic E-state index is 11.9. The van der Waals surface area contributed by atoms with Gasteiger partial charge in [0.05, 0.1) is 0 Å². The Kier molecular flexibility index (Phi) is 4.15. The number of hydrogen-bond donors (Lipinski definition) is 2. The van der Waals surface area contributed by atoms with Crippen molar-refractivity contribution >= 4 is 11.8 Å². The smallest absolute Gasteiger partial charge is 0.332 e. The molecule has 0 aromatic rings. The van der Waals surface area contributed by atoms with Crippen LogP contribution in [-0.2, 0) is 9.59 Å². The van der Waals surface area contributed by atoms with E-state index in [0.29, 0.717) is 24.2 Å². The number of aliphatic hydroxyl groups is 1. The minimum Gasteiger partial charge on any atom is -0.479 e. The van der Waals surface area contributed by atoms with Gasteiger partial charge in [0, 0.05) is 12.3 Å². The number of aliphatic hydroxyl groups excluding tert-OH is 1. The number of carboxylic acid groups (broad SMARTS) is 1. The van der Waals surface area contributed by atoms with Crippen molar-refractivity contribution in [2.45, 2.75) is 71.8 Å². The Labute approximate surface area is 156 Å². The lowest BCUT2D eigenvalue weighted by Gasteiger charge is -2.58. The predicted octanol–water partition coefficient (Wildman–Crippen LogP) is 3.83. The quantitative estimate of drug-likeness (QED) is 0.785. The van der Waals surface area contributed by atoms with Crippen LogP contribution < -0.4 is 0 Å².